The molecule has 1 aliphatic heterocycles. The van der Waals surface area contributed by atoms with Crippen LogP contribution in [-0.4, -0.2) is 55.5 Å². The quantitative estimate of drug-likeness (QED) is 0.478. The number of imide groups is 1. The van der Waals surface area contributed by atoms with Gasteiger partial charge in [-0.1, -0.05) is 23.2 Å². The van der Waals surface area contributed by atoms with Crippen LogP contribution in [0.25, 0.3) is 0 Å². The molecule has 0 fully saturated rings. The minimum Gasteiger partial charge on any atom is -0.497 e. The van der Waals surface area contributed by atoms with Gasteiger partial charge in [-0.05, 0) is 19.1 Å². The highest BCUT2D eigenvalue weighted by atomic mass is 35.5. The number of amides is 3. The lowest BCUT2D eigenvalue weighted by molar-refractivity contribution is -0.150. The van der Waals surface area contributed by atoms with E-state index in [0.29, 0.717) is 17.2 Å². The number of esters is 1. The Bertz CT molecular complexity index is 1060. The number of nitrogens with zero attached hydrogens (tertiary/aromatic N) is 1. The Labute approximate surface area is 193 Å². The van der Waals surface area contributed by atoms with Crippen LogP contribution in [-0.2, 0) is 14.3 Å². The van der Waals surface area contributed by atoms with Crippen molar-refractivity contribution >= 4 is 52.6 Å². The third kappa shape index (κ3) is 4.63. The number of fused-ring (bicyclic) bond motifs is 1. The molecule has 0 radical (unpaired) electrons. The Morgan fingerprint density at radius 1 is 0.938 bits per heavy atom. The lowest BCUT2D eigenvalue weighted by Crippen LogP contribution is -2.44. The monoisotopic (exact) mass is 480 g/mol. The molecular formula is C21H18Cl2N2O7. The largest absolute Gasteiger partial charge is 0.497 e. The molecule has 1 atom stereocenters. The van der Waals surface area contributed by atoms with Crippen LogP contribution in [0.15, 0.2) is 30.3 Å². The van der Waals surface area contributed by atoms with Crippen molar-refractivity contribution in [2.75, 3.05) is 26.1 Å². The van der Waals surface area contributed by atoms with Crippen LogP contribution < -0.4 is 14.8 Å². The van der Waals surface area contributed by atoms with E-state index in [1.807, 2.05) is 0 Å². The van der Waals surface area contributed by atoms with E-state index >= 15 is 0 Å². The Kier molecular flexibility index (Phi) is 6.90. The second-order valence-electron chi connectivity index (χ2n) is 6.73. The number of nitrogens with one attached hydrogen (secondary N) is 1. The summed E-state index contributed by atoms with van der Waals surface area (Å²) in [6.45, 7) is 0.682. The lowest BCUT2D eigenvalue weighted by Gasteiger charge is -2.20. The summed E-state index contributed by atoms with van der Waals surface area (Å²) < 4.78 is 15.2. The number of ether oxygens (including phenoxy) is 3. The summed E-state index contributed by atoms with van der Waals surface area (Å²) in [6, 6.07) is 6.00. The van der Waals surface area contributed by atoms with Gasteiger partial charge < -0.3 is 19.5 Å². The summed E-state index contributed by atoms with van der Waals surface area (Å²) in [5, 5.41) is 2.76. The van der Waals surface area contributed by atoms with Crippen molar-refractivity contribution in [2.24, 2.45) is 0 Å². The number of carbonyl (C=O) groups is 4. The van der Waals surface area contributed by atoms with Crippen molar-refractivity contribution < 1.29 is 33.4 Å². The number of hydrogen-bond donors (Lipinski definition) is 1. The highest BCUT2D eigenvalue weighted by Crippen LogP contribution is 2.32. The van der Waals surface area contributed by atoms with Gasteiger partial charge in [0.1, 0.15) is 17.5 Å². The number of rotatable bonds is 7. The zero-order valence-electron chi connectivity index (χ0n) is 17.2. The van der Waals surface area contributed by atoms with Gasteiger partial charge in [-0.2, -0.15) is 0 Å². The molecule has 32 heavy (non-hydrogen) atoms. The zero-order valence-corrected chi connectivity index (χ0v) is 18.7. The van der Waals surface area contributed by atoms with Crippen LogP contribution in [0.3, 0.4) is 0 Å². The first-order valence-corrected chi connectivity index (χ1v) is 9.98. The average Bonchev–Trinajstić information content (AvgIpc) is 3.00. The summed E-state index contributed by atoms with van der Waals surface area (Å²) in [5.74, 6) is -2.08. The molecule has 0 aliphatic carbocycles. The number of benzene rings is 2. The molecule has 3 rings (SSSR count). The van der Waals surface area contributed by atoms with Crippen molar-refractivity contribution in [1.29, 1.82) is 0 Å². The number of methoxy groups -OCH3 is 2. The Morgan fingerprint density at radius 2 is 1.44 bits per heavy atom. The van der Waals surface area contributed by atoms with E-state index in [0.717, 1.165) is 4.90 Å². The fourth-order valence-corrected chi connectivity index (χ4v) is 3.37. The highest BCUT2D eigenvalue weighted by molar-refractivity contribution is 6.43. The third-order valence-electron chi connectivity index (χ3n) is 4.67. The number of hydrogen-bond acceptors (Lipinski definition) is 7. The summed E-state index contributed by atoms with van der Waals surface area (Å²) >= 11 is 11.8. The third-order valence-corrected chi connectivity index (χ3v) is 5.39. The van der Waals surface area contributed by atoms with Crippen molar-refractivity contribution in [1.82, 2.24) is 4.90 Å². The summed E-state index contributed by atoms with van der Waals surface area (Å²) in [5.41, 5.74) is 0.437. The van der Waals surface area contributed by atoms with Gasteiger partial charge in [0.2, 0.25) is 0 Å². The minimum absolute atomic E-state index is 0.0359. The molecule has 0 spiro atoms. The second-order valence-corrected chi connectivity index (χ2v) is 7.54. The van der Waals surface area contributed by atoms with E-state index in [1.165, 1.54) is 33.3 Å². The van der Waals surface area contributed by atoms with Gasteiger partial charge in [-0.15, -0.1) is 0 Å². The summed E-state index contributed by atoms with van der Waals surface area (Å²) in [4.78, 5) is 50.6. The molecule has 1 aliphatic rings. The van der Waals surface area contributed by atoms with Crippen molar-refractivity contribution in [3.8, 4) is 11.5 Å². The van der Waals surface area contributed by atoms with E-state index in [4.69, 9.17) is 37.4 Å². The van der Waals surface area contributed by atoms with Gasteiger partial charge in [-0.25, -0.2) is 4.79 Å². The van der Waals surface area contributed by atoms with Crippen LogP contribution in [0.1, 0.15) is 27.6 Å². The predicted octanol–water partition coefficient (Wildman–Crippen LogP) is 3.18. The smallest absolute Gasteiger partial charge is 0.329 e. The number of anilines is 1. The molecule has 0 saturated heterocycles. The van der Waals surface area contributed by atoms with Crippen molar-refractivity contribution in [3.63, 3.8) is 0 Å². The summed E-state index contributed by atoms with van der Waals surface area (Å²) in [7, 11) is 2.93. The molecule has 168 valence electrons. The molecule has 2 aromatic rings. The average molecular weight is 481 g/mol. The van der Waals surface area contributed by atoms with Crippen LogP contribution in [0.4, 0.5) is 5.69 Å². The van der Waals surface area contributed by atoms with E-state index in [-0.39, 0.29) is 21.2 Å². The van der Waals surface area contributed by atoms with Crippen molar-refractivity contribution in [3.05, 3.63) is 51.5 Å². The van der Waals surface area contributed by atoms with Crippen LogP contribution in [0.5, 0.6) is 11.5 Å². The fraction of sp³-hybridized carbons (Fsp3) is 0.238. The van der Waals surface area contributed by atoms with Gasteiger partial charge in [-0.3, -0.25) is 19.3 Å². The molecule has 0 bridgehead atoms. The normalized spacial score (nSPS) is 13.5. The Balaban J connectivity index is 1.63. The molecule has 11 heteroatoms. The van der Waals surface area contributed by atoms with Crippen LogP contribution >= 0.6 is 23.2 Å². The highest BCUT2D eigenvalue weighted by Gasteiger charge is 2.42. The number of carbonyl (C=O) groups excluding carboxylic acids is 4. The first-order chi connectivity index (χ1) is 15.2. The molecule has 1 heterocycles. The number of halogens is 2. The molecular weight excluding hydrogens is 463 g/mol. The molecule has 1 N–H and O–H groups in total. The predicted molar refractivity (Wildman–Crippen MR) is 116 cm³/mol. The van der Waals surface area contributed by atoms with Crippen molar-refractivity contribution in [2.45, 2.75) is 13.0 Å². The topological polar surface area (TPSA) is 111 Å². The Hall–Kier alpha value is -3.30. The second kappa shape index (κ2) is 9.46. The summed E-state index contributed by atoms with van der Waals surface area (Å²) in [6.07, 6.45) is 0. The van der Waals surface area contributed by atoms with Gasteiger partial charge in [0.25, 0.3) is 17.7 Å². The first-order valence-electron chi connectivity index (χ1n) is 9.22. The first kappa shape index (κ1) is 23.4. The van der Waals surface area contributed by atoms with E-state index in [2.05, 4.69) is 5.32 Å². The zero-order chi connectivity index (χ0) is 23.6. The Morgan fingerprint density at radius 3 is 1.91 bits per heavy atom. The lowest BCUT2D eigenvalue weighted by atomic mass is 10.1. The molecule has 9 nitrogen and oxygen atoms in total. The van der Waals surface area contributed by atoms with E-state index in [9.17, 15) is 19.2 Å². The standard InChI is InChI=1S/C21H18Cl2N2O7/c1-10(25-19(27)14-7-16(22)17(23)8-15(14)20(25)28)21(29)32-9-18(26)24-11-4-12(30-2)6-13(5-11)31-3/h4-8,10H,9H2,1-3H3,(H,24,26). The van der Waals surface area contributed by atoms with Gasteiger partial charge >= 0.3 is 5.97 Å². The van der Waals surface area contributed by atoms with E-state index in [1.54, 1.807) is 18.2 Å². The molecule has 0 saturated carbocycles. The fourth-order valence-electron chi connectivity index (χ4n) is 3.04. The molecule has 0 aromatic heterocycles. The van der Waals surface area contributed by atoms with E-state index < -0.39 is 36.3 Å². The SMILES string of the molecule is COc1cc(NC(=O)COC(=O)C(C)N2C(=O)c3cc(Cl)c(Cl)cc3C2=O)cc(OC)c1. The van der Waals surface area contributed by atoms with Gasteiger partial charge in [0, 0.05) is 23.9 Å². The molecule has 1 unspecified atom stereocenters. The minimum atomic E-state index is -1.27. The molecule has 2 aromatic carbocycles. The maximum Gasteiger partial charge on any atom is 0.329 e. The van der Waals surface area contributed by atoms with Crippen LogP contribution in [0.2, 0.25) is 10.0 Å². The van der Waals surface area contributed by atoms with Gasteiger partial charge in [0.05, 0.1) is 35.4 Å². The molecule has 3 amide bonds. The van der Waals surface area contributed by atoms with Gasteiger partial charge in [0.15, 0.2) is 6.61 Å². The maximum absolute atomic E-state index is 12.6. The van der Waals surface area contributed by atoms with Crippen LogP contribution in [0, 0.1) is 0 Å². The maximum atomic E-state index is 12.6.